The summed E-state index contributed by atoms with van der Waals surface area (Å²) in [5, 5.41) is 6.50. The van der Waals surface area contributed by atoms with Gasteiger partial charge in [0.15, 0.2) is 0 Å². The Morgan fingerprint density at radius 3 is 3.00 bits per heavy atom. The third kappa shape index (κ3) is 1.94. The molecule has 1 unspecified atom stereocenters. The first-order valence-corrected chi connectivity index (χ1v) is 6.98. The number of carbonyl (C=O) groups is 2. The number of anilines is 1. The Balaban J connectivity index is 1.79. The molecule has 0 aliphatic carbocycles. The Kier molecular flexibility index (Phi) is 2.63. The molecule has 2 N–H and O–H groups in total. The van der Waals surface area contributed by atoms with E-state index in [1.165, 1.54) is 0 Å². The van der Waals surface area contributed by atoms with E-state index in [1.54, 1.807) is 6.26 Å². The molecule has 2 aliphatic rings. The molecule has 1 aromatic heterocycles. The maximum Gasteiger partial charge on any atom is 0.234 e. The van der Waals surface area contributed by atoms with Crippen LogP contribution in [0.4, 0.5) is 5.69 Å². The van der Waals surface area contributed by atoms with Gasteiger partial charge in [0, 0.05) is 30.0 Å². The van der Waals surface area contributed by atoms with Crippen LogP contribution in [-0.2, 0) is 9.59 Å². The summed E-state index contributed by atoms with van der Waals surface area (Å²) in [6.07, 6.45) is 2.47. The van der Waals surface area contributed by atoms with E-state index in [4.69, 9.17) is 9.15 Å². The van der Waals surface area contributed by atoms with E-state index < -0.39 is 0 Å². The largest absolute Gasteiger partial charge is 0.490 e. The minimum absolute atomic E-state index is 0.214. The third-order valence-electron chi connectivity index (χ3n) is 4.00. The number of fused-ring (bicyclic) bond motifs is 2. The molecule has 1 fully saturated rings. The molecule has 2 aromatic rings. The van der Waals surface area contributed by atoms with Gasteiger partial charge in [-0.05, 0) is 12.5 Å². The van der Waals surface area contributed by atoms with Crippen LogP contribution in [0, 0.1) is 0 Å². The number of carbonyl (C=O) groups excluding carboxylic acids is 2. The topological polar surface area (TPSA) is 80.6 Å². The fourth-order valence-electron chi connectivity index (χ4n) is 2.94. The summed E-state index contributed by atoms with van der Waals surface area (Å²) in [5.41, 5.74) is 2.43. The highest BCUT2D eigenvalue weighted by Gasteiger charge is 2.30. The van der Waals surface area contributed by atoms with Crippen LogP contribution >= 0.6 is 0 Å². The molecule has 0 bridgehead atoms. The number of ether oxygens (including phenoxy) is 1. The second-order valence-electron chi connectivity index (χ2n) is 5.31. The molecule has 21 heavy (non-hydrogen) atoms. The van der Waals surface area contributed by atoms with Crippen molar-refractivity contribution in [2.24, 2.45) is 0 Å². The predicted molar refractivity (Wildman–Crippen MR) is 75.3 cm³/mol. The number of benzene rings is 1. The van der Waals surface area contributed by atoms with Crippen molar-refractivity contribution in [3.05, 3.63) is 24.0 Å². The van der Waals surface area contributed by atoms with Gasteiger partial charge >= 0.3 is 0 Å². The summed E-state index contributed by atoms with van der Waals surface area (Å²) in [7, 11) is 0. The van der Waals surface area contributed by atoms with Gasteiger partial charge in [0.05, 0.1) is 17.9 Å². The number of piperidine rings is 1. The Labute approximate surface area is 120 Å². The maximum atomic E-state index is 12.0. The van der Waals surface area contributed by atoms with Gasteiger partial charge in [-0.1, -0.05) is 0 Å². The molecule has 2 aliphatic heterocycles. The van der Waals surface area contributed by atoms with Crippen molar-refractivity contribution < 1.29 is 18.7 Å². The lowest BCUT2D eigenvalue weighted by molar-refractivity contribution is -0.134. The fourth-order valence-corrected chi connectivity index (χ4v) is 2.94. The molecular formula is C15H14N2O4. The number of amides is 2. The smallest absolute Gasteiger partial charge is 0.234 e. The average Bonchev–Trinajstić information content (AvgIpc) is 2.88. The van der Waals surface area contributed by atoms with Crippen LogP contribution in [0.1, 0.15) is 24.3 Å². The van der Waals surface area contributed by atoms with Crippen LogP contribution in [0.3, 0.4) is 0 Å². The first kappa shape index (κ1) is 12.3. The third-order valence-corrected chi connectivity index (χ3v) is 4.00. The summed E-state index contributed by atoms with van der Waals surface area (Å²) in [5.74, 6) is -0.0538. The second-order valence-corrected chi connectivity index (χ2v) is 5.31. The van der Waals surface area contributed by atoms with E-state index in [9.17, 15) is 9.59 Å². The number of rotatable bonds is 1. The molecule has 108 valence electrons. The Bertz CT molecular complexity index is 749. The lowest BCUT2D eigenvalue weighted by atomic mass is 9.90. The van der Waals surface area contributed by atoms with Gasteiger partial charge in [0.1, 0.15) is 17.9 Å². The second kappa shape index (κ2) is 4.51. The molecule has 1 atom stereocenters. The van der Waals surface area contributed by atoms with Crippen LogP contribution in [0.25, 0.3) is 11.0 Å². The summed E-state index contributed by atoms with van der Waals surface area (Å²) in [4.78, 5) is 23.3. The van der Waals surface area contributed by atoms with Gasteiger partial charge in [-0.15, -0.1) is 0 Å². The van der Waals surface area contributed by atoms with Crippen molar-refractivity contribution in [1.29, 1.82) is 0 Å². The van der Waals surface area contributed by atoms with Crippen LogP contribution < -0.4 is 15.4 Å². The Morgan fingerprint density at radius 2 is 2.14 bits per heavy atom. The summed E-state index contributed by atoms with van der Waals surface area (Å²) in [6, 6.07) is 3.79. The van der Waals surface area contributed by atoms with Crippen LogP contribution in [0.15, 0.2) is 22.8 Å². The standard InChI is InChI=1S/C15H14N2O4/c18-14-2-1-8(15(19)17-14)10-7-21-12-6-11-13(5-9(10)12)20-4-3-16-11/h5-8,16H,1-4H2,(H,17,18,19). The van der Waals surface area contributed by atoms with E-state index in [2.05, 4.69) is 10.6 Å². The first-order valence-electron chi connectivity index (χ1n) is 6.98. The Morgan fingerprint density at radius 1 is 1.24 bits per heavy atom. The quantitative estimate of drug-likeness (QED) is 0.781. The van der Waals surface area contributed by atoms with Crippen molar-refractivity contribution in [1.82, 2.24) is 5.32 Å². The monoisotopic (exact) mass is 286 g/mol. The van der Waals surface area contributed by atoms with Gasteiger partial charge in [0.2, 0.25) is 11.8 Å². The molecule has 0 radical (unpaired) electrons. The average molecular weight is 286 g/mol. The van der Waals surface area contributed by atoms with Crippen molar-refractivity contribution in [2.75, 3.05) is 18.5 Å². The van der Waals surface area contributed by atoms with Crippen LogP contribution in [-0.4, -0.2) is 25.0 Å². The van der Waals surface area contributed by atoms with Crippen molar-refractivity contribution in [3.8, 4) is 5.75 Å². The molecule has 4 rings (SSSR count). The van der Waals surface area contributed by atoms with Gasteiger partial charge < -0.3 is 14.5 Å². The van der Waals surface area contributed by atoms with Gasteiger partial charge in [-0.25, -0.2) is 0 Å². The first-order chi connectivity index (χ1) is 10.2. The summed E-state index contributed by atoms with van der Waals surface area (Å²) >= 11 is 0. The van der Waals surface area contributed by atoms with Gasteiger partial charge in [-0.2, -0.15) is 0 Å². The molecule has 0 spiro atoms. The SMILES string of the molecule is O=C1CCC(c2coc3cc4c(cc23)OCCN4)C(=O)N1. The Hall–Kier alpha value is -2.50. The molecule has 6 heteroatoms. The fraction of sp³-hybridized carbons (Fsp3) is 0.333. The number of imide groups is 1. The molecule has 1 saturated heterocycles. The summed E-state index contributed by atoms with van der Waals surface area (Å²) < 4.78 is 11.2. The molecular weight excluding hydrogens is 272 g/mol. The number of hydrogen-bond acceptors (Lipinski definition) is 5. The van der Waals surface area contributed by atoms with Crippen LogP contribution in [0.2, 0.25) is 0 Å². The highest BCUT2D eigenvalue weighted by Crippen LogP contribution is 2.38. The zero-order valence-corrected chi connectivity index (χ0v) is 11.3. The minimum atomic E-state index is -0.349. The highest BCUT2D eigenvalue weighted by atomic mass is 16.5. The molecule has 2 amide bonds. The highest BCUT2D eigenvalue weighted by molar-refractivity contribution is 6.03. The predicted octanol–water partition coefficient (Wildman–Crippen LogP) is 1.76. The molecule has 3 heterocycles. The molecule has 1 aromatic carbocycles. The number of furan rings is 1. The molecule has 6 nitrogen and oxygen atoms in total. The van der Waals surface area contributed by atoms with Gasteiger partial charge in [0.25, 0.3) is 0 Å². The van der Waals surface area contributed by atoms with E-state index in [1.807, 2.05) is 12.1 Å². The zero-order valence-electron chi connectivity index (χ0n) is 11.3. The van der Waals surface area contributed by atoms with Crippen LogP contribution in [0.5, 0.6) is 5.75 Å². The zero-order chi connectivity index (χ0) is 14.4. The minimum Gasteiger partial charge on any atom is -0.490 e. The number of nitrogens with one attached hydrogen (secondary N) is 2. The van der Waals surface area contributed by atoms with E-state index >= 15 is 0 Å². The lowest BCUT2D eigenvalue weighted by Crippen LogP contribution is -2.39. The number of hydrogen-bond donors (Lipinski definition) is 2. The van der Waals surface area contributed by atoms with Crippen molar-refractivity contribution in [3.63, 3.8) is 0 Å². The van der Waals surface area contributed by atoms with E-state index in [-0.39, 0.29) is 17.7 Å². The van der Waals surface area contributed by atoms with E-state index in [0.717, 1.165) is 28.9 Å². The summed E-state index contributed by atoms with van der Waals surface area (Å²) in [6.45, 7) is 1.38. The van der Waals surface area contributed by atoms with E-state index in [0.29, 0.717) is 25.0 Å². The van der Waals surface area contributed by atoms with Crippen molar-refractivity contribution >= 4 is 28.5 Å². The maximum absolute atomic E-state index is 12.0. The van der Waals surface area contributed by atoms with Gasteiger partial charge in [-0.3, -0.25) is 14.9 Å². The lowest BCUT2D eigenvalue weighted by Gasteiger charge is -2.21. The van der Waals surface area contributed by atoms with Crippen molar-refractivity contribution in [2.45, 2.75) is 18.8 Å². The normalized spacial score (nSPS) is 21.4. The molecule has 0 saturated carbocycles.